The average Bonchev–Trinajstić information content (AvgIpc) is 3.31. The summed E-state index contributed by atoms with van der Waals surface area (Å²) in [6, 6.07) is 23.3. The molecule has 0 saturated heterocycles. The Hall–Kier alpha value is -4.42. The first-order chi connectivity index (χ1) is 17.8. The van der Waals surface area contributed by atoms with E-state index in [0.717, 1.165) is 49.3 Å². The summed E-state index contributed by atoms with van der Waals surface area (Å²) in [5, 5.41) is 11.7. The summed E-state index contributed by atoms with van der Waals surface area (Å²) in [5.41, 5.74) is 8.98. The van der Waals surface area contributed by atoms with Crippen molar-refractivity contribution in [1.29, 1.82) is 5.26 Å². The molecule has 2 aliphatic carbocycles. The highest BCUT2D eigenvalue weighted by molar-refractivity contribution is 6.08. The molecule has 0 radical (unpaired) electrons. The maximum atomic E-state index is 9.26. The van der Waals surface area contributed by atoms with Gasteiger partial charge in [-0.15, -0.1) is 6.58 Å². The zero-order chi connectivity index (χ0) is 24.5. The molecule has 0 spiro atoms. The highest BCUT2D eigenvalue weighted by Gasteiger charge is 2.23. The molecule has 0 atom stereocenters. The number of imidazole rings is 1. The van der Waals surface area contributed by atoms with Crippen LogP contribution in [0.5, 0.6) is 0 Å². The number of allylic oxidation sites excluding steroid dienone is 6. The van der Waals surface area contributed by atoms with Gasteiger partial charge in [-0.3, -0.25) is 0 Å². The van der Waals surface area contributed by atoms with E-state index in [4.69, 9.17) is 4.98 Å². The molecule has 3 aromatic carbocycles. The fourth-order valence-electron chi connectivity index (χ4n) is 5.44. The standard InChI is InChI=1S/C33H27N3/c1-2-19-36-32-14-8-7-13-31(32)35-33(36)29-12-6-5-11-28(29)26-20-25-9-3-4-10-27(25)30(21-26)24-17-15-23(22-34)16-18-24/h2-4,7,9-13,15-18,20-21H,1,5-6,8,14,19H2. The molecule has 1 heterocycles. The molecule has 3 heteroatoms. The fraction of sp³-hybridized carbons (Fsp3) is 0.152. The van der Waals surface area contributed by atoms with Crippen molar-refractivity contribution in [1.82, 2.24) is 9.55 Å². The topological polar surface area (TPSA) is 41.6 Å². The van der Waals surface area contributed by atoms with Crippen molar-refractivity contribution in [2.75, 3.05) is 0 Å². The molecule has 0 aliphatic heterocycles. The first-order valence-electron chi connectivity index (χ1n) is 12.6. The molecule has 174 valence electrons. The highest BCUT2D eigenvalue weighted by Crippen LogP contribution is 2.40. The van der Waals surface area contributed by atoms with Crippen molar-refractivity contribution in [3.8, 4) is 17.2 Å². The monoisotopic (exact) mass is 465 g/mol. The zero-order valence-corrected chi connectivity index (χ0v) is 20.2. The minimum Gasteiger partial charge on any atom is -0.324 e. The second kappa shape index (κ2) is 9.32. The largest absolute Gasteiger partial charge is 0.324 e. The molecule has 0 unspecified atom stereocenters. The molecule has 0 saturated carbocycles. The predicted molar refractivity (Wildman–Crippen MR) is 149 cm³/mol. The normalized spacial score (nSPS) is 14.6. The van der Waals surface area contributed by atoms with Gasteiger partial charge in [0.1, 0.15) is 5.82 Å². The predicted octanol–water partition coefficient (Wildman–Crippen LogP) is 7.98. The molecule has 0 fully saturated rings. The molecule has 4 aromatic rings. The van der Waals surface area contributed by atoms with Gasteiger partial charge in [0.2, 0.25) is 0 Å². The second-order valence-corrected chi connectivity index (χ2v) is 9.35. The molecule has 1 aromatic heterocycles. The van der Waals surface area contributed by atoms with Crippen LogP contribution in [-0.4, -0.2) is 9.55 Å². The Kier molecular flexibility index (Phi) is 5.71. The van der Waals surface area contributed by atoms with E-state index in [0.29, 0.717) is 5.56 Å². The molecule has 0 N–H and O–H groups in total. The van der Waals surface area contributed by atoms with E-state index in [1.54, 1.807) is 0 Å². The quantitative estimate of drug-likeness (QED) is 0.280. The molecule has 0 bridgehead atoms. The summed E-state index contributed by atoms with van der Waals surface area (Å²) in [4.78, 5) is 5.12. The van der Waals surface area contributed by atoms with Gasteiger partial charge >= 0.3 is 0 Å². The third-order valence-electron chi connectivity index (χ3n) is 7.13. The van der Waals surface area contributed by atoms with Crippen LogP contribution in [0.2, 0.25) is 0 Å². The van der Waals surface area contributed by atoms with Gasteiger partial charge < -0.3 is 4.57 Å². The Balaban J connectivity index is 1.52. The third-order valence-corrected chi connectivity index (χ3v) is 7.13. The van der Waals surface area contributed by atoms with Gasteiger partial charge in [-0.1, -0.05) is 60.7 Å². The first-order valence-corrected chi connectivity index (χ1v) is 12.6. The van der Waals surface area contributed by atoms with Gasteiger partial charge in [-0.05, 0) is 89.1 Å². The van der Waals surface area contributed by atoms with Crippen LogP contribution in [0.3, 0.4) is 0 Å². The van der Waals surface area contributed by atoms with Gasteiger partial charge in [0.25, 0.3) is 0 Å². The smallest absolute Gasteiger partial charge is 0.141 e. The Morgan fingerprint density at radius 3 is 2.56 bits per heavy atom. The minimum absolute atomic E-state index is 0.673. The Morgan fingerprint density at radius 1 is 0.944 bits per heavy atom. The molecular formula is C33H27N3. The molecule has 36 heavy (non-hydrogen) atoms. The summed E-state index contributed by atoms with van der Waals surface area (Å²) in [6.45, 7) is 4.77. The van der Waals surface area contributed by atoms with Crippen molar-refractivity contribution in [2.24, 2.45) is 0 Å². The Labute approximate surface area is 212 Å². The van der Waals surface area contributed by atoms with Crippen LogP contribution in [0.4, 0.5) is 0 Å². The fourth-order valence-corrected chi connectivity index (χ4v) is 5.44. The first kappa shape index (κ1) is 22.1. The highest BCUT2D eigenvalue weighted by atomic mass is 15.1. The SMILES string of the molecule is C=CCn1c(C2=CCCC=C2c2cc(-c3ccc(C#N)cc3)c3ccccc3c2)nc2c1CCC=C2. The van der Waals surface area contributed by atoms with Crippen molar-refractivity contribution >= 4 is 28.0 Å². The number of nitrogens with zero attached hydrogens (tertiary/aromatic N) is 3. The van der Waals surface area contributed by atoms with Crippen LogP contribution in [0.15, 0.2) is 91.5 Å². The Morgan fingerprint density at radius 2 is 1.75 bits per heavy atom. The Bertz CT molecular complexity index is 1620. The number of fused-ring (bicyclic) bond motifs is 2. The maximum absolute atomic E-state index is 9.26. The molecule has 2 aliphatic rings. The van der Waals surface area contributed by atoms with Gasteiger partial charge in [0, 0.05) is 17.8 Å². The number of hydrogen-bond acceptors (Lipinski definition) is 2. The van der Waals surface area contributed by atoms with Gasteiger partial charge in [-0.2, -0.15) is 5.26 Å². The van der Waals surface area contributed by atoms with Crippen LogP contribution in [0.25, 0.3) is 39.1 Å². The summed E-state index contributed by atoms with van der Waals surface area (Å²) in [5.74, 6) is 1.03. The van der Waals surface area contributed by atoms with E-state index in [9.17, 15) is 5.26 Å². The lowest BCUT2D eigenvalue weighted by molar-refractivity contribution is 0.737. The number of benzene rings is 3. The van der Waals surface area contributed by atoms with E-state index in [-0.39, 0.29) is 0 Å². The van der Waals surface area contributed by atoms with Crippen molar-refractivity contribution in [2.45, 2.75) is 32.2 Å². The number of aromatic nitrogens is 2. The van der Waals surface area contributed by atoms with Gasteiger partial charge in [0.05, 0.1) is 17.3 Å². The molecule has 6 rings (SSSR count). The molecular weight excluding hydrogens is 438 g/mol. The maximum Gasteiger partial charge on any atom is 0.141 e. The van der Waals surface area contributed by atoms with Gasteiger partial charge in [-0.25, -0.2) is 4.98 Å². The van der Waals surface area contributed by atoms with Crippen LogP contribution in [-0.2, 0) is 13.0 Å². The van der Waals surface area contributed by atoms with Crippen molar-refractivity contribution in [3.05, 3.63) is 120 Å². The number of hydrogen-bond donors (Lipinski definition) is 0. The molecule has 0 amide bonds. The lowest BCUT2D eigenvalue weighted by Crippen LogP contribution is -2.09. The van der Waals surface area contributed by atoms with E-state index in [1.807, 2.05) is 30.3 Å². The molecule has 3 nitrogen and oxygen atoms in total. The average molecular weight is 466 g/mol. The summed E-state index contributed by atoms with van der Waals surface area (Å²) < 4.78 is 2.35. The third kappa shape index (κ3) is 3.82. The van der Waals surface area contributed by atoms with E-state index < -0.39 is 0 Å². The summed E-state index contributed by atoms with van der Waals surface area (Å²) >= 11 is 0. The van der Waals surface area contributed by atoms with Crippen LogP contribution in [0, 0.1) is 11.3 Å². The van der Waals surface area contributed by atoms with Crippen LogP contribution >= 0.6 is 0 Å². The minimum atomic E-state index is 0.673. The van der Waals surface area contributed by atoms with Gasteiger partial charge in [0.15, 0.2) is 0 Å². The van der Waals surface area contributed by atoms with Crippen molar-refractivity contribution in [3.63, 3.8) is 0 Å². The van der Waals surface area contributed by atoms with Crippen LogP contribution in [0.1, 0.15) is 47.6 Å². The van der Waals surface area contributed by atoms with E-state index in [1.165, 1.54) is 38.7 Å². The number of rotatable bonds is 5. The van der Waals surface area contributed by atoms with Crippen LogP contribution < -0.4 is 0 Å². The van der Waals surface area contributed by atoms with Crippen molar-refractivity contribution < 1.29 is 0 Å². The van der Waals surface area contributed by atoms with E-state index >= 15 is 0 Å². The summed E-state index contributed by atoms with van der Waals surface area (Å²) in [6.07, 6.45) is 15.1. The lowest BCUT2D eigenvalue weighted by Gasteiger charge is -2.20. The second-order valence-electron chi connectivity index (χ2n) is 9.35. The zero-order valence-electron chi connectivity index (χ0n) is 20.2. The summed E-state index contributed by atoms with van der Waals surface area (Å²) in [7, 11) is 0. The van der Waals surface area contributed by atoms with E-state index in [2.05, 4.69) is 77.9 Å². The number of nitriles is 1. The lowest BCUT2D eigenvalue weighted by atomic mass is 9.87.